The standard InChI is InChI=1S/C20H24F2N2O2/c1-26-20-11-23-17(10-19(20)25)13-24-8-2-3-14(12-24)4-5-15-6-7-16(21)9-18(15)22/h6-7,9-11,14H,2-5,8,12-13H2,1H3,(H,23,25). The van der Waals surface area contributed by atoms with Gasteiger partial charge in [-0.25, -0.2) is 8.78 Å². The number of aryl methyl sites for hydroxylation is 1. The van der Waals surface area contributed by atoms with E-state index >= 15 is 0 Å². The van der Waals surface area contributed by atoms with Crippen LogP contribution in [-0.4, -0.2) is 30.1 Å². The van der Waals surface area contributed by atoms with Crippen LogP contribution < -0.4 is 10.2 Å². The highest BCUT2D eigenvalue weighted by molar-refractivity contribution is 5.20. The maximum absolute atomic E-state index is 13.8. The molecule has 0 saturated carbocycles. The fraction of sp³-hybridized carbons (Fsp3) is 0.450. The van der Waals surface area contributed by atoms with E-state index in [1.807, 2.05) is 0 Å². The molecule has 0 radical (unpaired) electrons. The van der Waals surface area contributed by atoms with Gasteiger partial charge in [-0.05, 0) is 49.8 Å². The lowest BCUT2D eigenvalue weighted by Gasteiger charge is -2.32. The zero-order chi connectivity index (χ0) is 18.5. The highest BCUT2D eigenvalue weighted by Crippen LogP contribution is 2.23. The largest absolute Gasteiger partial charge is 0.491 e. The van der Waals surface area contributed by atoms with Gasteiger partial charge >= 0.3 is 0 Å². The van der Waals surface area contributed by atoms with E-state index < -0.39 is 11.6 Å². The molecule has 4 nitrogen and oxygen atoms in total. The fourth-order valence-corrected chi connectivity index (χ4v) is 3.61. The Morgan fingerprint density at radius 2 is 2.15 bits per heavy atom. The van der Waals surface area contributed by atoms with Crippen molar-refractivity contribution in [3.05, 3.63) is 63.6 Å². The molecule has 1 aromatic heterocycles. The molecule has 6 heteroatoms. The fourth-order valence-electron chi connectivity index (χ4n) is 3.61. The highest BCUT2D eigenvalue weighted by atomic mass is 19.1. The average molecular weight is 362 g/mol. The first-order valence-corrected chi connectivity index (χ1v) is 8.97. The molecule has 26 heavy (non-hydrogen) atoms. The van der Waals surface area contributed by atoms with Crippen LogP contribution in [0.25, 0.3) is 0 Å². The zero-order valence-corrected chi connectivity index (χ0v) is 14.9. The van der Waals surface area contributed by atoms with Gasteiger partial charge in [-0.2, -0.15) is 0 Å². The monoisotopic (exact) mass is 362 g/mol. The van der Waals surface area contributed by atoms with Crippen LogP contribution in [0.2, 0.25) is 0 Å². The number of halogens is 2. The minimum Gasteiger partial charge on any atom is -0.491 e. The number of pyridine rings is 1. The second-order valence-electron chi connectivity index (χ2n) is 6.91. The van der Waals surface area contributed by atoms with Crippen LogP contribution in [0.1, 0.15) is 30.5 Å². The van der Waals surface area contributed by atoms with E-state index in [2.05, 4.69) is 9.88 Å². The summed E-state index contributed by atoms with van der Waals surface area (Å²) in [5.41, 5.74) is 1.31. The van der Waals surface area contributed by atoms with Crippen LogP contribution >= 0.6 is 0 Å². The smallest absolute Gasteiger partial charge is 0.223 e. The lowest BCUT2D eigenvalue weighted by atomic mass is 9.91. The first-order chi connectivity index (χ1) is 12.5. The number of rotatable bonds is 6. The number of likely N-dealkylation sites (tertiary alicyclic amines) is 1. The van der Waals surface area contributed by atoms with Gasteiger partial charge < -0.3 is 9.72 Å². The molecular formula is C20H24F2N2O2. The number of aromatic nitrogens is 1. The highest BCUT2D eigenvalue weighted by Gasteiger charge is 2.20. The summed E-state index contributed by atoms with van der Waals surface area (Å²) >= 11 is 0. The Morgan fingerprint density at radius 1 is 1.31 bits per heavy atom. The Morgan fingerprint density at radius 3 is 2.88 bits per heavy atom. The maximum Gasteiger partial charge on any atom is 0.223 e. The summed E-state index contributed by atoms with van der Waals surface area (Å²) in [6.45, 7) is 2.58. The lowest BCUT2D eigenvalue weighted by molar-refractivity contribution is 0.160. The van der Waals surface area contributed by atoms with E-state index in [9.17, 15) is 13.6 Å². The van der Waals surface area contributed by atoms with Gasteiger partial charge in [0.1, 0.15) is 11.6 Å². The number of aromatic amines is 1. The van der Waals surface area contributed by atoms with Gasteiger partial charge in [0.25, 0.3) is 0 Å². The van der Waals surface area contributed by atoms with Gasteiger partial charge in [-0.1, -0.05) is 6.07 Å². The van der Waals surface area contributed by atoms with Crippen molar-refractivity contribution in [2.75, 3.05) is 20.2 Å². The molecule has 140 valence electrons. The number of hydrogen-bond acceptors (Lipinski definition) is 3. The second kappa shape index (κ2) is 8.45. The summed E-state index contributed by atoms with van der Waals surface area (Å²) in [4.78, 5) is 17.3. The molecule has 1 unspecified atom stereocenters. The van der Waals surface area contributed by atoms with Crippen LogP contribution in [0.3, 0.4) is 0 Å². The Bertz CT molecular complexity index is 807. The van der Waals surface area contributed by atoms with E-state index in [-0.39, 0.29) is 5.43 Å². The number of nitrogens with one attached hydrogen (secondary N) is 1. The number of methoxy groups -OCH3 is 1. The SMILES string of the molecule is COc1c[nH]c(CN2CCCC(CCc3ccc(F)cc3F)C2)cc1=O. The van der Waals surface area contributed by atoms with Gasteiger partial charge in [0, 0.05) is 37.1 Å². The molecule has 1 saturated heterocycles. The molecule has 1 N–H and O–H groups in total. The van der Waals surface area contributed by atoms with Crippen LogP contribution in [0, 0.1) is 17.6 Å². The van der Waals surface area contributed by atoms with E-state index in [4.69, 9.17) is 4.74 Å². The van der Waals surface area contributed by atoms with E-state index in [1.54, 1.807) is 12.3 Å². The van der Waals surface area contributed by atoms with Crippen LogP contribution in [0.15, 0.2) is 35.3 Å². The molecule has 1 aliphatic rings. The van der Waals surface area contributed by atoms with Gasteiger partial charge in [0.15, 0.2) is 5.75 Å². The topological polar surface area (TPSA) is 45.3 Å². The van der Waals surface area contributed by atoms with Crippen molar-refractivity contribution < 1.29 is 13.5 Å². The molecule has 0 amide bonds. The van der Waals surface area contributed by atoms with Crippen LogP contribution in [0.5, 0.6) is 5.75 Å². The summed E-state index contributed by atoms with van der Waals surface area (Å²) in [5.74, 6) is -0.221. The summed E-state index contributed by atoms with van der Waals surface area (Å²) < 4.78 is 31.8. The summed E-state index contributed by atoms with van der Waals surface area (Å²) in [6.07, 6.45) is 5.27. The molecule has 3 rings (SSSR count). The normalized spacial score (nSPS) is 18.0. The van der Waals surface area contributed by atoms with Gasteiger partial charge in [-0.3, -0.25) is 9.69 Å². The molecule has 0 bridgehead atoms. The van der Waals surface area contributed by atoms with Crippen LogP contribution in [0.4, 0.5) is 8.78 Å². The number of H-pyrrole nitrogens is 1. The maximum atomic E-state index is 13.8. The molecule has 1 fully saturated rings. The summed E-state index contributed by atoms with van der Waals surface area (Å²) in [5, 5.41) is 0. The van der Waals surface area contributed by atoms with Crippen LogP contribution in [-0.2, 0) is 13.0 Å². The van der Waals surface area contributed by atoms with Crippen molar-refractivity contribution in [2.45, 2.75) is 32.2 Å². The molecule has 1 atom stereocenters. The minimum atomic E-state index is -0.538. The molecule has 1 aromatic carbocycles. The third-order valence-electron chi connectivity index (χ3n) is 4.99. The van der Waals surface area contributed by atoms with Crippen molar-refractivity contribution >= 4 is 0 Å². The third kappa shape index (κ3) is 4.69. The van der Waals surface area contributed by atoms with Gasteiger partial charge in [0.05, 0.1) is 7.11 Å². The van der Waals surface area contributed by atoms with Crippen molar-refractivity contribution in [1.82, 2.24) is 9.88 Å². The molecular weight excluding hydrogens is 338 g/mol. The molecule has 0 aliphatic carbocycles. The minimum absolute atomic E-state index is 0.124. The van der Waals surface area contributed by atoms with E-state index in [1.165, 1.54) is 19.2 Å². The van der Waals surface area contributed by atoms with E-state index in [0.29, 0.717) is 30.2 Å². The van der Waals surface area contributed by atoms with Gasteiger partial charge in [-0.15, -0.1) is 0 Å². The predicted octanol–water partition coefficient (Wildman–Crippen LogP) is 3.51. The molecule has 2 heterocycles. The molecule has 2 aromatic rings. The number of hydrogen-bond donors (Lipinski definition) is 1. The summed E-state index contributed by atoms with van der Waals surface area (Å²) in [7, 11) is 1.48. The zero-order valence-electron chi connectivity index (χ0n) is 14.9. The number of ether oxygens (including phenoxy) is 1. The Hall–Kier alpha value is -2.21. The van der Waals surface area contributed by atoms with Crippen molar-refractivity contribution in [3.63, 3.8) is 0 Å². The van der Waals surface area contributed by atoms with E-state index in [0.717, 1.165) is 44.1 Å². The average Bonchev–Trinajstić information content (AvgIpc) is 2.61. The third-order valence-corrected chi connectivity index (χ3v) is 4.99. The number of benzene rings is 1. The Kier molecular flexibility index (Phi) is 6.04. The Balaban J connectivity index is 1.55. The molecule has 1 aliphatic heterocycles. The predicted molar refractivity (Wildman–Crippen MR) is 96.3 cm³/mol. The van der Waals surface area contributed by atoms with Crippen molar-refractivity contribution in [2.24, 2.45) is 5.92 Å². The lowest BCUT2D eigenvalue weighted by Crippen LogP contribution is -2.35. The van der Waals surface area contributed by atoms with Crippen molar-refractivity contribution in [3.8, 4) is 5.75 Å². The molecule has 0 spiro atoms. The first-order valence-electron chi connectivity index (χ1n) is 8.97. The quantitative estimate of drug-likeness (QED) is 0.855. The first kappa shape index (κ1) is 18.6. The second-order valence-corrected chi connectivity index (χ2v) is 6.91. The number of piperidine rings is 1. The summed E-state index contributed by atoms with van der Waals surface area (Å²) in [6, 6.07) is 5.37. The van der Waals surface area contributed by atoms with Crippen molar-refractivity contribution in [1.29, 1.82) is 0 Å². The number of nitrogens with zero attached hydrogens (tertiary/aromatic N) is 1. The van der Waals surface area contributed by atoms with Gasteiger partial charge in [0.2, 0.25) is 5.43 Å². The Labute approximate surface area is 151 Å².